The maximum atomic E-state index is 12.8. The van der Waals surface area contributed by atoms with Crippen LogP contribution in [0.5, 0.6) is 0 Å². The second kappa shape index (κ2) is 7.39. The van der Waals surface area contributed by atoms with Gasteiger partial charge in [0.05, 0.1) is 23.3 Å². The van der Waals surface area contributed by atoms with Crippen molar-refractivity contribution in [2.75, 3.05) is 18.8 Å². The van der Waals surface area contributed by atoms with E-state index in [1.807, 2.05) is 9.30 Å². The maximum Gasteiger partial charge on any atom is 0.260 e. The Kier molecular flexibility index (Phi) is 4.71. The summed E-state index contributed by atoms with van der Waals surface area (Å²) < 4.78 is 9.85. The molecule has 0 unspecified atom stereocenters. The van der Waals surface area contributed by atoms with E-state index < -0.39 is 0 Å². The largest absolute Gasteiger partial charge is 0.370 e. The Balaban J connectivity index is 1.41. The van der Waals surface area contributed by atoms with E-state index >= 15 is 0 Å². The number of fused-ring (bicyclic) bond motifs is 8. The van der Waals surface area contributed by atoms with Gasteiger partial charge >= 0.3 is 0 Å². The molecule has 4 aromatic rings. The van der Waals surface area contributed by atoms with Gasteiger partial charge in [-0.2, -0.15) is 9.61 Å². The molecule has 32 heavy (non-hydrogen) atoms. The molecule has 0 saturated carbocycles. The van der Waals surface area contributed by atoms with Gasteiger partial charge in [0, 0.05) is 24.4 Å². The van der Waals surface area contributed by atoms with Gasteiger partial charge in [-0.05, 0) is 38.2 Å². The van der Waals surface area contributed by atoms with Crippen molar-refractivity contribution >= 4 is 50.6 Å². The van der Waals surface area contributed by atoms with Crippen molar-refractivity contribution in [2.24, 2.45) is 5.92 Å². The molecular formula is C21H25N7O2S2. The van der Waals surface area contributed by atoms with Crippen LogP contribution in [0.15, 0.2) is 11.5 Å². The van der Waals surface area contributed by atoms with Gasteiger partial charge in [-0.3, -0.25) is 4.79 Å². The predicted octanol–water partition coefficient (Wildman–Crippen LogP) is 3.19. The topological polar surface area (TPSA) is 89.9 Å². The highest BCUT2D eigenvalue weighted by atomic mass is 32.2. The van der Waals surface area contributed by atoms with Crippen LogP contribution in [0.25, 0.3) is 21.6 Å². The van der Waals surface area contributed by atoms with Gasteiger partial charge in [-0.15, -0.1) is 21.5 Å². The summed E-state index contributed by atoms with van der Waals surface area (Å²) >= 11 is 3.14. The van der Waals surface area contributed by atoms with Crippen molar-refractivity contribution in [3.8, 4) is 0 Å². The molecule has 168 valence electrons. The predicted molar refractivity (Wildman–Crippen MR) is 123 cm³/mol. The summed E-state index contributed by atoms with van der Waals surface area (Å²) in [5.74, 6) is 1.83. The van der Waals surface area contributed by atoms with E-state index in [9.17, 15) is 4.79 Å². The number of nitrogens with zero attached hydrogens (tertiary/aromatic N) is 7. The molecule has 0 aliphatic carbocycles. The van der Waals surface area contributed by atoms with Crippen LogP contribution in [0.3, 0.4) is 0 Å². The summed E-state index contributed by atoms with van der Waals surface area (Å²) in [7, 11) is 0. The van der Waals surface area contributed by atoms with Crippen molar-refractivity contribution in [1.82, 2.24) is 34.1 Å². The number of thiophene rings is 1. The molecule has 2 aliphatic heterocycles. The summed E-state index contributed by atoms with van der Waals surface area (Å²) in [4.78, 5) is 21.6. The Morgan fingerprint density at radius 1 is 1.31 bits per heavy atom. The number of piperidine rings is 1. The quantitative estimate of drug-likeness (QED) is 0.424. The molecule has 0 bridgehead atoms. The number of amides is 1. The lowest BCUT2D eigenvalue weighted by molar-refractivity contribution is -0.129. The van der Waals surface area contributed by atoms with E-state index in [2.05, 4.69) is 41.1 Å². The Morgan fingerprint density at radius 3 is 2.94 bits per heavy atom. The highest BCUT2D eigenvalue weighted by Crippen LogP contribution is 2.41. The highest BCUT2D eigenvalue weighted by molar-refractivity contribution is 7.99. The minimum Gasteiger partial charge on any atom is -0.370 e. The van der Waals surface area contributed by atoms with Gasteiger partial charge in [0.15, 0.2) is 10.8 Å². The first-order valence-corrected chi connectivity index (χ1v) is 12.8. The molecule has 6 rings (SSSR count). The first kappa shape index (κ1) is 20.4. The smallest absolute Gasteiger partial charge is 0.260 e. The number of carbonyl (C=O) groups excluding carboxylic acids is 1. The first-order valence-electron chi connectivity index (χ1n) is 11.0. The van der Waals surface area contributed by atoms with E-state index in [0.717, 1.165) is 48.2 Å². The molecule has 0 N–H and O–H groups in total. The SMILES string of the molecule is CC1CCN(C(=O)CSc2nnc3n4ncnc4c4c5c(sc4n23)COC(C)(C)C5)CC1. The van der Waals surface area contributed by atoms with E-state index in [-0.39, 0.29) is 11.5 Å². The lowest BCUT2D eigenvalue weighted by Gasteiger charge is -2.30. The third-order valence-electron chi connectivity index (χ3n) is 6.51. The number of rotatable bonds is 3. The molecular weight excluding hydrogens is 446 g/mol. The number of aromatic nitrogens is 6. The zero-order valence-electron chi connectivity index (χ0n) is 18.4. The second-order valence-electron chi connectivity index (χ2n) is 9.37. The van der Waals surface area contributed by atoms with Crippen LogP contribution in [-0.4, -0.2) is 64.4 Å². The van der Waals surface area contributed by atoms with Crippen LogP contribution >= 0.6 is 23.1 Å². The number of likely N-dealkylation sites (tertiary alicyclic amines) is 1. The number of ether oxygens (including phenoxy) is 1. The monoisotopic (exact) mass is 471 g/mol. The van der Waals surface area contributed by atoms with Crippen LogP contribution in [0, 0.1) is 5.92 Å². The molecule has 4 aromatic heterocycles. The van der Waals surface area contributed by atoms with E-state index in [1.165, 1.54) is 22.2 Å². The number of carbonyl (C=O) groups is 1. The molecule has 1 saturated heterocycles. The minimum atomic E-state index is -0.226. The molecule has 1 fully saturated rings. The molecule has 0 spiro atoms. The maximum absolute atomic E-state index is 12.8. The molecule has 0 aromatic carbocycles. The van der Waals surface area contributed by atoms with Gasteiger partial charge in [0.25, 0.3) is 5.78 Å². The fraction of sp³-hybridized carbons (Fsp3) is 0.571. The van der Waals surface area contributed by atoms with E-state index in [0.29, 0.717) is 29.2 Å². The van der Waals surface area contributed by atoms with Crippen LogP contribution in [-0.2, 0) is 22.6 Å². The van der Waals surface area contributed by atoms with Gasteiger partial charge in [-0.25, -0.2) is 9.38 Å². The average Bonchev–Trinajstić information content (AvgIpc) is 3.47. The Hall–Kier alpha value is -2.24. The van der Waals surface area contributed by atoms with Gasteiger partial charge in [0.2, 0.25) is 5.91 Å². The third kappa shape index (κ3) is 3.20. The van der Waals surface area contributed by atoms with Crippen LogP contribution in [0.2, 0.25) is 0 Å². The Morgan fingerprint density at radius 2 is 2.12 bits per heavy atom. The van der Waals surface area contributed by atoms with Crippen molar-refractivity contribution in [3.63, 3.8) is 0 Å². The number of thioether (sulfide) groups is 1. The normalized spacial score (nSPS) is 19.3. The number of hydrogen-bond acceptors (Lipinski definition) is 8. The van der Waals surface area contributed by atoms with Crippen molar-refractivity contribution in [1.29, 1.82) is 0 Å². The minimum absolute atomic E-state index is 0.164. The summed E-state index contributed by atoms with van der Waals surface area (Å²) in [5, 5.41) is 15.1. The highest BCUT2D eigenvalue weighted by Gasteiger charge is 2.32. The summed E-state index contributed by atoms with van der Waals surface area (Å²) in [6, 6.07) is 0. The van der Waals surface area contributed by atoms with Crippen molar-refractivity contribution in [2.45, 2.75) is 57.4 Å². The molecule has 0 atom stereocenters. The zero-order valence-corrected chi connectivity index (χ0v) is 20.0. The first-order chi connectivity index (χ1) is 15.4. The summed E-state index contributed by atoms with van der Waals surface area (Å²) in [5.41, 5.74) is 1.84. The molecule has 11 heteroatoms. The molecule has 2 aliphatic rings. The van der Waals surface area contributed by atoms with E-state index in [1.54, 1.807) is 22.2 Å². The van der Waals surface area contributed by atoms with Gasteiger partial charge in [-0.1, -0.05) is 18.7 Å². The van der Waals surface area contributed by atoms with Crippen LogP contribution in [0.1, 0.15) is 44.1 Å². The van der Waals surface area contributed by atoms with Crippen molar-refractivity contribution < 1.29 is 9.53 Å². The standard InChI is InChI=1S/C21H25N7O2S2/c1-12-4-6-26(7-5-12)15(29)10-31-20-25-24-19-27(20)18-16(17-22-11-23-28(17)19)13-8-21(2,3)30-9-14(13)32-18/h11-12H,4-10H2,1-3H3. The lowest BCUT2D eigenvalue weighted by atomic mass is 9.94. The van der Waals surface area contributed by atoms with Crippen molar-refractivity contribution in [3.05, 3.63) is 16.8 Å². The van der Waals surface area contributed by atoms with Crippen LogP contribution in [0.4, 0.5) is 0 Å². The zero-order chi connectivity index (χ0) is 22.0. The fourth-order valence-corrected chi connectivity index (χ4v) is 6.75. The van der Waals surface area contributed by atoms with Gasteiger partial charge in [0.1, 0.15) is 11.2 Å². The second-order valence-corrected chi connectivity index (χ2v) is 11.4. The molecule has 6 heterocycles. The Bertz CT molecular complexity index is 1350. The van der Waals surface area contributed by atoms with Crippen LogP contribution < -0.4 is 0 Å². The summed E-state index contributed by atoms with van der Waals surface area (Å²) in [6.45, 7) is 8.76. The summed E-state index contributed by atoms with van der Waals surface area (Å²) in [6.07, 6.45) is 4.53. The third-order valence-corrected chi connectivity index (χ3v) is 8.61. The lowest BCUT2D eigenvalue weighted by Crippen LogP contribution is -2.38. The van der Waals surface area contributed by atoms with E-state index in [4.69, 9.17) is 4.74 Å². The Labute approximate surface area is 193 Å². The molecule has 0 radical (unpaired) electrons. The fourth-order valence-electron chi connectivity index (χ4n) is 4.63. The van der Waals surface area contributed by atoms with Gasteiger partial charge < -0.3 is 9.64 Å². The average molecular weight is 472 g/mol. The molecule has 9 nitrogen and oxygen atoms in total. The molecule has 1 amide bonds. The number of hydrogen-bond donors (Lipinski definition) is 0.